The molecule has 3 rings (SSSR count). The summed E-state index contributed by atoms with van der Waals surface area (Å²) in [6.07, 6.45) is 0. The molecule has 0 spiro atoms. The van der Waals surface area contributed by atoms with Crippen LogP contribution in [0.2, 0.25) is 0 Å². The first-order valence-corrected chi connectivity index (χ1v) is 7.34. The maximum absolute atomic E-state index is 11.7. The highest BCUT2D eigenvalue weighted by Gasteiger charge is 2.27. The van der Waals surface area contributed by atoms with Crippen molar-refractivity contribution in [3.63, 3.8) is 0 Å². The third-order valence-corrected chi connectivity index (χ3v) is 3.43. The summed E-state index contributed by atoms with van der Waals surface area (Å²) >= 11 is 0. The zero-order valence-corrected chi connectivity index (χ0v) is 13.0. The molecule has 0 fully saturated rings. The molecular formula is C17H16N3O4+. The molecule has 7 heteroatoms. The van der Waals surface area contributed by atoms with Crippen molar-refractivity contribution in [2.24, 2.45) is 0 Å². The van der Waals surface area contributed by atoms with Gasteiger partial charge >= 0.3 is 17.5 Å². The molecule has 0 unspecified atom stereocenters. The van der Waals surface area contributed by atoms with E-state index in [-0.39, 0.29) is 17.6 Å². The molecule has 122 valence electrons. The van der Waals surface area contributed by atoms with Gasteiger partial charge in [-0.25, -0.2) is 4.79 Å². The first kappa shape index (κ1) is 15.5. The molecule has 7 nitrogen and oxygen atoms in total. The Hall–Kier alpha value is -3.35. The number of carbonyl (C=O) groups is 1. The fraction of sp³-hybridized carbons (Fsp3) is 0.118. The van der Waals surface area contributed by atoms with Crippen LogP contribution in [0, 0.1) is 0 Å². The van der Waals surface area contributed by atoms with Gasteiger partial charge in [-0.1, -0.05) is 0 Å². The fourth-order valence-electron chi connectivity index (χ4n) is 2.29. The summed E-state index contributed by atoms with van der Waals surface area (Å²) in [5.74, 6) is -0.0817. The molecule has 3 N–H and O–H groups in total. The van der Waals surface area contributed by atoms with E-state index in [4.69, 9.17) is 15.0 Å². The van der Waals surface area contributed by atoms with Crippen LogP contribution in [0.25, 0.3) is 16.9 Å². The number of esters is 1. The Morgan fingerprint density at radius 3 is 2.50 bits per heavy atom. The van der Waals surface area contributed by atoms with Crippen molar-refractivity contribution in [3.8, 4) is 22.7 Å². The minimum absolute atomic E-state index is 0.148. The van der Waals surface area contributed by atoms with Crippen LogP contribution in [0.15, 0.2) is 53.1 Å². The number of phenols is 1. The van der Waals surface area contributed by atoms with Crippen molar-refractivity contribution >= 4 is 11.9 Å². The summed E-state index contributed by atoms with van der Waals surface area (Å²) in [5, 5.41) is 13.3. The van der Waals surface area contributed by atoms with Gasteiger partial charge in [0.15, 0.2) is 0 Å². The van der Waals surface area contributed by atoms with Crippen LogP contribution in [0.3, 0.4) is 0 Å². The normalized spacial score (nSPS) is 10.5. The summed E-state index contributed by atoms with van der Waals surface area (Å²) in [6, 6.07) is 13.3. The van der Waals surface area contributed by atoms with E-state index in [1.165, 1.54) is 4.68 Å². The van der Waals surface area contributed by atoms with Crippen molar-refractivity contribution in [3.05, 3.63) is 54.1 Å². The summed E-state index contributed by atoms with van der Waals surface area (Å²) in [7, 11) is 0. The van der Waals surface area contributed by atoms with Crippen LogP contribution in [0.1, 0.15) is 17.3 Å². The molecule has 2 aromatic carbocycles. The van der Waals surface area contributed by atoms with Crippen LogP contribution < -0.4 is 10.4 Å². The first-order valence-electron chi connectivity index (χ1n) is 7.34. The van der Waals surface area contributed by atoms with Crippen LogP contribution in [-0.4, -0.2) is 23.0 Å². The number of benzene rings is 2. The SMILES string of the molecule is CCOC(=O)c1ccc(-[n+]2noc(N)c2-c2ccc(O)cc2)cc1. The van der Waals surface area contributed by atoms with Gasteiger partial charge in [0.1, 0.15) is 5.75 Å². The molecule has 3 aromatic rings. The monoisotopic (exact) mass is 326 g/mol. The Balaban J connectivity index is 1.99. The van der Waals surface area contributed by atoms with Crippen LogP contribution in [0.4, 0.5) is 5.88 Å². The minimum atomic E-state index is -0.382. The number of nitrogen functional groups attached to an aromatic ring is 1. The molecule has 0 saturated heterocycles. The third-order valence-electron chi connectivity index (χ3n) is 3.43. The second-order valence-corrected chi connectivity index (χ2v) is 5.01. The largest absolute Gasteiger partial charge is 0.508 e. The van der Waals surface area contributed by atoms with Gasteiger partial charge in [-0.3, -0.25) is 4.52 Å². The van der Waals surface area contributed by atoms with Crippen LogP contribution >= 0.6 is 0 Å². The molecule has 0 aliphatic heterocycles. The van der Waals surface area contributed by atoms with Crippen molar-refractivity contribution < 1.29 is 23.8 Å². The van der Waals surface area contributed by atoms with Crippen molar-refractivity contribution in [2.75, 3.05) is 12.3 Å². The zero-order chi connectivity index (χ0) is 17.1. The predicted molar refractivity (Wildman–Crippen MR) is 85.5 cm³/mol. The van der Waals surface area contributed by atoms with E-state index in [1.54, 1.807) is 55.5 Å². The van der Waals surface area contributed by atoms with E-state index < -0.39 is 0 Å². The molecule has 0 amide bonds. The summed E-state index contributed by atoms with van der Waals surface area (Å²) in [6.45, 7) is 2.07. The summed E-state index contributed by atoms with van der Waals surface area (Å²) in [5.41, 5.74) is 8.29. The Labute approximate surface area is 137 Å². The average molecular weight is 326 g/mol. The molecule has 1 aromatic heterocycles. The molecule has 1 heterocycles. The van der Waals surface area contributed by atoms with Gasteiger partial charge in [-0.05, 0) is 48.0 Å². The minimum Gasteiger partial charge on any atom is -0.508 e. The van der Waals surface area contributed by atoms with Crippen molar-refractivity contribution in [1.82, 2.24) is 5.27 Å². The van der Waals surface area contributed by atoms with Gasteiger partial charge < -0.3 is 15.6 Å². The first-order chi connectivity index (χ1) is 11.6. The van der Waals surface area contributed by atoms with Gasteiger partial charge in [0.2, 0.25) is 11.0 Å². The number of anilines is 1. The van der Waals surface area contributed by atoms with E-state index >= 15 is 0 Å². The molecule has 0 saturated carbocycles. The predicted octanol–water partition coefficient (Wildman–Crippen LogP) is 2.08. The highest BCUT2D eigenvalue weighted by atomic mass is 16.5. The Bertz CT molecular complexity index is 855. The number of carbonyl (C=O) groups excluding carboxylic acids is 1. The topological polar surface area (TPSA) is 102 Å². The molecule has 0 radical (unpaired) electrons. The van der Waals surface area contributed by atoms with E-state index in [0.717, 1.165) is 5.56 Å². The molecular weight excluding hydrogens is 310 g/mol. The maximum atomic E-state index is 11.7. The number of aromatic nitrogens is 2. The second-order valence-electron chi connectivity index (χ2n) is 5.01. The quantitative estimate of drug-likeness (QED) is 0.562. The highest BCUT2D eigenvalue weighted by Crippen LogP contribution is 2.24. The van der Waals surface area contributed by atoms with E-state index in [0.29, 0.717) is 23.6 Å². The number of ether oxygens (including phenoxy) is 1. The lowest BCUT2D eigenvalue weighted by atomic mass is 10.1. The zero-order valence-electron chi connectivity index (χ0n) is 13.0. The van der Waals surface area contributed by atoms with Gasteiger partial charge in [-0.15, -0.1) is 0 Å². The van der Waals surface area contributed by atoms with Gasteiger partial charge in [-0.2, -0.15) is 0 Å². The Kier molecular flexibility index (Phi) is 4.15. The Morgan fingerprint density at radius 2 is 1.88 bits per heavy atom. The molecule has 24 heavy (non-hydrogen) atoms. The summed E-state index contributed by atoms with van der Waals surface area (Å²) in [4.78, 5) is 11.7. The number of hydrogen-bond acceptors (Lipinski definition) is 6. The van der Waals surface area contributed by atoms with Crippen LogP contribution in [0.5, 0.6) is 5.75 Å². The summed E-state index contributed by atoms with van der Waals surface area (Å²) < 4.78 is 11.6. The van der Waals surface area contributed by atoms with Gasteiger partial charge in [0.25, 0.3) is 0 Å². The fourth-order valence-corrected chi connectivity index (χ4v) is 2.29. The lowest BCUT2D eigenvalue weighted by Gasteiger charge is -2.01. The smallest absolute Gasteiger partial charge is 0.338 e. The second kappa shape index (κ2) is 6.41. The van der Waals surface area contributed by atoms with E-state index in [2.05, 4.69) is 5.27 Å². The van der Waals surface area contributed by atoms with Crippen molar-refractivity contribution in [2.45, 2.75) is 6.92 Å². The molecule has 0 atom stereocenters. The van der Waals surface area contributed by atoms with Crippen LogP contribution in [-0.2, 0) is 4.74 Å². The Morgan fingerprint density at radius 1 is 1.21 bits per heavy atom. The van der Waals surface area contributed by atoms with E-state index in [1.807, 2.05) is 0 Å². The number of phenolic OH excluding ortho intramolecular Hbond substituents is 1. The average Bonchev–Trinajstić information content (AvgIpc) is 2.98. The van der Waals surface area contributed by atoms with E-state index in [9.17, 15) is 9.90 Å². The molecule has 0 aliphatic rings. The van der Waals surface area contributed by atoms with Crippen molar-refractivity contribution in [1.29, 1.82) is 0 Å². The lowest BCUT2D eigenvalue weighted by molar-refractivity contribution is -0.660. The van der Waals surface area contributed by atoms with Gasteiger partial charge in [0.05, 0.1) is 17.7 Å². The number of hydrogen-bond donors (Lipinski definition) is 2. The van der Waals surface area contributed by atoms with Gasteiger partial charge in [0, 0.05) is 12.1 Å². The number of nitrogens with zero attached hydrogens (tertiary/aromatic N) is 2. The third kappa shape index (κ3) is 2.91. The standard InChI is InChI=1S/C17H15N3O4/c1-2-23-17(22)12-3-7-13(8-4-12)20-15(16(18)24-19-20)11-5-9-14(21)10-6-11/h3-10,18-19H,2H2,1H3/p+1. The highest BCUT2D eigenvalue weighted by molar-refractivity contribution is 5.89. The molecule has 0 aliphatic carbocycles. The maximum Gasteiger partial charge on any atom is 0.338 e. The number of rotatable bonds is 4. The number of nitrogens with two attached hydrogens (primary N) is 1. The lowest BCUT2D eigenvalue weighted by Crippen LogP contribution is -2.34. The number of aromatic hydroxyl groups is 1. The molecule has 0 bridgehead atoms.